The van der Waals surface area contributed by atoms with E-state index in [9.17, 15) is 4.79 Å². The lowest BCUT2D eigenvalue weighted by molar-refractivity contribution is 0.0975. The highest BCUT2D eigenvalue weighted by Crippen LogP contribution is 2.24. The molecule has 5 nitrogen and oxygen atoms in total. The first-order valence-corrected chi connectivity index (χ1v) is 9.08. The highest BCUT2D eigenvalue weighted by Gasteiger charge is 2.23. The SMILES string of the molecule is O=C(c1cc(-c2ccc(Cl)cc2)on1)N(Cc1ccccc1)c1ccccn1. The van der Waals surface area contributed by atoms with E-state index in [1.54, 1.807) is 35.4 Å². The summed E-state index contributed by atoms with van der Waals surface area (Å²) < 4.78 is 5.39. The van der Waals surface area contributed by atoms with Crippen molar-refractivity contribution in [2.75, 3.05) is 4.90 Å². The number of halogens is 1. The Morgan fingerprint density at radius 2 is 1.71 bits per heavy atom. The highest BCUT2D eigenvalue weighted by molar-refractivity contribution is 6.30. The predicted molar refractivity (Wildman–Crippen MR) is 108 cm³/mol. The molecule has 0 atom stereocenters. The Labute approximate surface area is 167 Å². The molecule has 2 aromatic heterocycles. The molecular formula is C22H16ClN3O2. The van der Waals surface area contributed by atoms with Crippen molar-refractivity contribution < 1.29 is 9.32 Å². The number of hydrogen-bond donors (Lipinski definition) is 0. The number of anilines is 1. The lowest BCUT2D eigenvalue weighted by Gasteiger charge is -2.20. The van der Waals surface area contributed by atoms with Gasteiger partial charge in [0.05, 0.1) is 6.54 Å². The van der Waals surface area contributed by atoms with E-state index in [4.69, 9.17) is 16.1 Å². The van der Waals surface area contributed by atoms with Crippen LogP contribution in [0.25, 0.3) is 11.3 Å². The van der Waals surface area contributed by atoms with E-state index in [0.717, 1.165) is 11.1 Å². The summed E-state index contributed by atoms with van der Waals surface area (Å²) in [4.78, 5) is 19.1. The summed E-state index contributed by atoms with van der Waals surface area (Å²) in [7, 11) is 0. The predicted octanol–water partition coefficient (Wildman–Crippen LogP) is 5.24. The molecule has 0 spiro atoms. The average molecular weight is 390 g/mol. The van der Waals surface area contributed by atoms with Gasteiger partial charge in [-0.2, -0.15) is 0 Å². The number of aromatic nitrogens is 2. The zero-order valence-corrected chi connectivity index (χ0v) is 15.6. The quantitative estimate of drug-likeness (QED) is 0.468. The van der Waals surface area contributed by atoms with Gasteiger partial charge in [-0.15, -0.1) is 0 Å². The molecule has 0 aliphatic heterocycles. The number of pyridine rings is 1. The second-order valence-corrected chi connectivity index (χ2v) is 6.58. The first-order valence-electron chi connectivity index (χ1n) is 8.70. The summed E-state index contributed by atoms with van der Waals surface area (Å²) in [6.45, 7) is 0.375. The van der Waals surface area contributed by atoms with Crippen molar-refractivity contribution in [2.45, 2.75) is 6.54 Å². The van der Waals surface area contributed by atoms with Gasteiger partial charge in [-0.3, -0.25) is 9.69 Å². The molecule has 0 bridgehead atoms. The van der Waals surface area contributed by atoms with Gasteiger partial charge < -0.3 is 4.52 Å². The van der Waals surface area contributed by atoms with Crippen LogP contribution in [0.2, 0.25) is 5.02 Å². The van der Waals surface area contributed by atoms with Crippen LogP contribution in [0.3, 0.4) is 0 Å². The van der Waals surface area contributed by atoms with Crippen molar-refractivity contribution in [3.05, 3.63) is 101 Å². The fourth-order valence-electron chi connectivity index (χ4n) is 2.80. The molecule has 4 rings (SSSR count). The van der Waals surface area contributed by atoms with Gasteiger partial charge in [0.25, 0.3) is 5.91 Å². The summed E-state index contributed by atoms with van der Waals surface area (Å²) in [5.41, 5.74) is 2.00. The van der Waals surface area contributed by atoms with E-state index in [0.29, 0.717) is 23.1 Å². The van der Waals surface area contributed by atoms with Crippen molar-refractivity contribution in [1.82, 2.24) is 10.1 Å². The van der Waals surface area contributed by atoms with Crippen LogP contribution >= 0.6 is 11.6 Å². The molecule has 0 aliphatic carbocycles. The van der Waals surface area contributed by atoms with Crippen LogP contribution in [0.1, 0.15) is 16.1 Å². The summed E-state index contributed by atoms with van der Waals surface area (Å²) >= 11 is 5.93. The summed E-state index contributed by atoms with van der Waals surface area (Å²) in [5, 5.41) is 4.60. The molecule has 2 heterocycles. The third-order valence-electron chi connectivity index (χ3n) is 4.21. The van der Waals surface area contributed by atoms with Crippen LogP contribution in [-0.4, -0.2) is 16.0 Å². The zero-order chi connectivity index (χ0) is 19.3. The van der Waals surface area contributed by atoms with Gasteiger partial charge in [-0.1, -0.05) is 53.2 Å². The van der Waals surface area contributed by atoms with E-state index in [1.807, 2.05) is 54.6 Å². The monoisotopic (exact) mass is 389 g/mol. The Balaban J connectivity index is 1.65. The molecule has 28 heavy (non-hydrogen) atoms. The molecule has 0 saturated carbocycles. The van der Waals surface area contributed by atoms with E-state index in [1.165, 1.54) is 0 Å². The molecule has 138 valence electrons. The first-order chi connectivity index (χ1) is 13.7. The minimum Gasteiger partial charge on any atom is -0.355 e. The van der Waals surface area contributed by atoms with Crippen molar-refractivity contribution in [1.29, 1.82) is 0 Å². The van der Waals surface area contributed by atoms with Gasteiger partial charge in [-0.05, 0) is 42.0 Å². The maximum absolute atomic E-state index is 13.2. The number of amides is 1. The smallest absolute Gasteiger partial charge is 0.281 e. The van der Waals surface area contributed by atoms with Crippen LogP contribution in [0.5, 0.6) is 0 Å². The minimum atomic E-state index is -0.286. The maximum atomic E-state index is 13.2. The Hall–Kier alpha value is -3.44. The molecule has 0 saturated heterocycles. The Morgan fingerprint density at radius 3 is 2.43 bits per heavy atom. The third-order valence-corrected chi connectivity index (χ3v) is 4.46. The lowest BCUT2D eigenvalue weighted by Crippen LogP contribution is -2.31. The van der Waals surface area contributed by atoms with E-state index in [-0.39, 0.29) is 11.6 Å². The number of hydrogen-bond acceptors (Lipinski definition) is 4. The second-order valence-electron chi connectivity index (χ2n) is 6.15. The molecule has 0 unspecified atom stereocenters. The normalized spacial score (nSPS) is 10.6. The van der Waals surface area contributed by atoms with Gasteiger partial charge in [0, 0.05) is 22.8 Å². The number of nitrogens with zero attached hydrogens (tertiary/aromatic N) is 3. The largest absolute Gasteiger partial charge is 0.355 e. The maximum Gasteiger partial charge on any atom is 0.281 e. The molecule has 0 radical (unpaired) electrons. The molecular weight excluding hydrogens is 374 g/mol. The Morgan fingerprint density at radius 1 is 0.964 bits per heavy atom. The Kier molecular flexibility index (Phi) is 5.17. The van der Waals surface area contributed by atoms with Gasteiger partial charge >= 0.3 is 0 Å². The number of carbonyl (C=O) groups is 1. The van der Waals surface area contributed by atoms with Crippen LogP contribution in [0.4, 0.5) is 5.82 Å². The topological polar surface area (TPSA) is 59.2 Å². The number of benzene rings is 2. The molecule has 6 heteroatoms. The van der Waals surface area contributed by atoms with Crippen molar-refractivity contribution in [2.24, 2.45) is 0 Å². The molecule has 2 aromatic carbocycles. The van der Waals surface area contributed by atoms with Gasteiger partial charge in [0.15, 0.2) is 11.5 Å². The van der Waals surface area contributed by atoms with E-state index in [2.05, 4.69) is 10.1 Å². The van der Waals surface area contributed by atoms with Crippen LogP contribution < -0.4 is 4.90 Å². The second kappa shape index (κ2) is 8.06. The lowest BCUT2D eigenvalue weighted by atomic mass is 10.1. The molecule has 0 fully saturated rings. The summed E-state index contributed by atoms with van der Waals surface area (Å²) in [6.07, 6.45) is 1.66. The zero-order valence-electron chi connectivity index (χ0n) is 14.8. The molecule has 0 N–H and O–H groups in total. The van der Waals surface area contributed by atoms with Gasteiger partial charge in [0.2, 0.25) is 0 Å². The van der Waals surface area contributed by atoms with Gasteiger partial charge in [0.1, 0.15) is 5.82 Å². The van der Waals surface area contributed by atoms with Crippen LogP contribution in [0, 0.1) is 0 Å². The van der Waals surface area contributed by atoms with Gasteiger partial charge in [-0.25, -0.2) is 4.98 Å². The van der Waals surface area contributed by atoms with Crippen molar-refractivity contribution in [3.8, 4) is 11.3 Å². The first kappa shape index (κ1) is 17.9. The van der Waals surface area contributed by atoms with Crippen molar-refractivity contribution >= 4 is 23.3 Å². The number of rotatable bonds is 5. The third kappa shape index (κ3) is 3.94. The van der Waals surface area contributed by atoms with Crippen LogP contribution in [-0.2, 0) is 6.54 Å². The summed E-state index contributed by atoms with van der Waals surface area (Å²) in [5.74, 6) is 0.764. The standard InChI is InChI=1S/C22H16ClN3O2/c23-18-11-9-17(10-12-18)20-14-19(25-28-20)22(27)26(21-8-4-5-13-24-21)15-16-6-2-1-3-7-16/h1-14H,15H2. The fraction of sp³-hybridized carbons (Fsp3) is 0.0455. The average Bonchev–Trinajstić information content (AvgIpc) is 3.24. The molecule has 4 aromatic rings. The fourth-order valence-corrected chi connectivity index (χ4v) is 2.93. The minimum absolute atomic E-state index is 0.214. The van der Waals surface area contributed by atoms with Crippen LogP contribution in [0.15, 0.2) is 89.6 Å². The van der Waals surface area contributed by atoms with Crippen molar-refractivity contribution in [3.63, 3.8) is 0 Å². The Bertz CT molecular complexity index is 1060. The molecule has 0 aliphatic rings. The van der Waals surface area contributed by atoms with E-state index >= 15 is 0 Å². The highest BCUT2D eigenvalue weighted by atomic mass is 35.5. The molecule has 1 amide bonds. The summed E-state index contributed by atoms with van der Waals surface area (Å²) in [6, 6.07) is 24.0. The van der Waals surface area contributed by atoms with E-state index < -0.39 is 0 Å². The number of carbonyl (C=O) groups excluding carboxylic acids is 1.